The summed E-state index contributed by atoms with van der Waals surface area (Å²) in [5.74, 6) is -0.173. The second-order valence-corrected chi connectivity index (χ2v) is 8.19. The van der Waals surface area contributed by atoms with Crippen molar-refractivity contribution in [1.29, 1.82) is 0 Å². The fraction of sp³-hybridized carbons (Fsp3) is 0.348. The number of rotatable bonds is 6. The third-order valence-corrected chi connectivity index (χ3v) is 6.26. The molecule has 1 aliphatic heterocycles. The Bertz CT molecular complexity index is 1000. The van der Waals surface area contributed by atoms with Gasteiger partial charge in [-0.25, -0.2) is 4.98 Å². The zero-order valence-electron chi connectivity index (χ0n) is 17.0. The molecule has 0 N–H and O–H groups in total. The highest BCUT2D eigenvalue weighted by molar-refractivity contribution is 7.13. The molecule has 4 rings (SSSR count). The number of hydrogen-bond acceptors (Lipinski definition) is 5. The van der Waals surface area contributed by atoms with Gasteiger partial charge in [0.1, 0.15) is 11.6 Å². The van der Waals surface area contributed by atoms with Gasteiger partial charge in [0.2, 0.25) is 5.91 Å². The first kappa shape index (κ1) is 20.3. The summed E-state index contributed by atoms with van der Waals surface area (Å²) in [6.45, 7) is 3.67. The molecule has 1 saturated heterocycles. The van der Waals surface area contributed by atoms with E-state index in [2.05, 4.69) is 0 Å². The first-order valence-electron chi connectivity index (χ1n) is 10.3. The van der Waals surface area contributed by atoms with E-state index in [1.165, 1.54) is 0 Å². The molecule has 1 fully saturated rings. The fourth-order valence-corrected chi connectivity index (χ4v) is 4.62. The highest BCUT2D eigenvalue weighted by Gasteiger charge is 2.28. The highest BCUT2D eigenvalue weighted by Crippen LogP contribution is 2.29. The first-order chi connectivity index (χ1) is 14.7. The van der Waals surface area contributed by atoms with Crippen LogP contribution >= 0.6 is 11.3 Å². The first-order valence-corrected chi connectivity index (χ1v) is 11.1. The van der Waals surface area contributed by atoms with Crippen LogP contribution < -0.4 is 0 Å². The van der Waals surface area contributed by atoms with Crippen LogP contribution in [-0.4, -0.2) is 46.0 Å². The summed E-state index contributed by atoms with van der Waals surface area (Å²) in [6.07, 6.45) is 3.24. The van der Waals surface area contributed by atoms with Crippen LogP contribution in [0.15, 0.2) is 54.0 Å². The van der Waals surface area contributed by atoms with Crippen molar-refractivity contribution in [2.24, 2.45) is 5.92 Å². The van der Waals surface area contributed by atoms with E-state index in [0.29, 0.717) is 32.5 Å². The minimum absolute atomic E-state index is 0.0644. The molecule has 0 spiro atoms. The molecule has 6 nitrogen and oxygen atoms in total. The number of thiazole rings is 1. The number of nitrogens with zero attached hydrogens (tertiary/aromatic N) is 3. The van der Waals surface area contributed by atoms with E-state index < -0.39 is 0 Å². The van der Waals surface area contributed by atoms with Crippen LogP contribution in [0.1, 0.15) is 19.8 Å². The monoisotopic (exact) mass is 423 g/mol. The number of esters is 1. The number of likely N-dealkylation sites (tertiary alicyclic amines) is 1. The van der Waals surface area contributed by atoms with Crippen LogP contribution in [0.3, 0.4) is 0 Å². The zero-order chi connectivity index (χ0) is 20.9. The molecule has 1 aliphatic rings. The molecule has 3 heterocycles. The van der Waals surface area contributed by atoms with Crippen molar-refractivity contribution in [3.63, 3.8) is 0 Å². The van der Waals surface area contributed by atoms with Gasteiger partial charge in [0.15, 0.2) is 0 Å². The van der Waals surface area contributed by atoms with Gasteiger partial charge < -0.3 is 14.2 Å². The quantitative estimate of drug-likeness (QED) is 0.561. The molecule has 0 saturated carbocycles. The molecule has 0 unspecified atom stereocenters. The Morgan fingerprint density at radius 3 is 2.63 bits per heavy atom. The van der Waals surface area contributed by atoms with Crippen LogP contribution in [0, 0.1) is 5.92 Å². The Hall–Kier alpha value is -2.93. The van der Waals surface area contributed by atoms with E-state index in [1.807, 2.05) is 70.4 Å². The summed E-state index contributed by atoms with van der Waals surface area (Å²) in [6, 6.07) is 14.0. The van der Waals surface area contributed by atoms with Gasteiger partial charge in [-0.1, -0.05) is 30.3 Å². The van der Waals surface area contributed by atoms with E-state index in [1.54, 1.807) is 11.3 Å². The van der Waals surface area contributed by atoms with Gasteiger partial charge in [-0.3, -0.25) is 9.59 Å². The molecule has 0 radical (unpaired) electrons. The van der Waals surface area contributed by atoms with Crippen molar-refractivity contribution in [2.75, 3.05) is 19.7 Å². The molecular weight excluding hydrogens is 398 g/mol. The van der Waals surface area contributed by atoms with Crippen LogP contribution in [0.4, 0.5) is 0 Å². The lowest BCUT2D eigenvalue weighted by Gasteiger charge is -2.31. The van der Waals surface area contributed by atoms with Gasteiger partial charge in [0, 0.05) is 30.2 Å². The molecule has 1 aromatic carbocycles. The maximum absolute atomic E-state index is 12.8. The number of amides is 1. The Morgan fingerprint density at radius 1 is 1.13 bits per heavy atom. The van der Waals surface area contributed by atoms with Crippen molar-refractivity contribution < 1.29 is 14.3 Å². The SMILES string of the molecule is CCOC(=O)C1CCN(C(=O)Cn2cccc2-c2nc(-c3ccccc3)cs2)CC1. The standard InChI is InChI=1S/C23H25N3O3S/c1-2-29-23(28)18-10-13-25(14-11-18)21(27)15-26-12-6-9-20(26)22-24-19(16-30-22)17-7-4-3-5-8-17/h3-9,12,16,18H,2,10-11,13-15H2,1H3. The molecule has 156 valence electrons. The number of carbonyl (C=O) groups excluding carboxylic acids is 2. The van der Waals surface area contributed by atoms with E-state index in [0.717, 1.165) is 22.0 Å². The fourth-order valence-electron chi connectivity index (χ4n) is 3.75. The number of aromatic nitrogens is 2. The topological polar surface area (TPSA) is 64.4 Å². The maximum atomic E-state index is 12.8. The Morgan fingerprint density at radius 2 is 1.90 bits per heavy atom. The van der Waals surface area contributed by atoms with E-state index in [9.17, 15) is 9.59 Å². The largest absolute Gasteiger partial charge is 0.466 e. The maximum Gasteiger partial charge on any atom is 0.309 e. The molecule has 2 aromatic heterocycles. The second kappa shape index (κ2) is 9.26. The lowest BCUT2D eigenvalue weighted by atomic mass is 9.97. The molecule has 7 heteroatoms. The Labute approximate surface area is 180 Å². The molecule has 0 bridgehead atoms. The number of ether oxygens (including phenoxy) is 1. The zero-order valence-corrected chi connectivity index (χ0v) is 17.8. The third kappa shape index (κ3) is 4.46. The van der Waals surface area contributed by atoms with Gasteiger partial charge in [0.05, 0.1) is 23.9 Å². The van der Waals surface area contributed by atoms with Crippen molar-refractivity contribution in [1.82, 2.24) is 14.5 Å². The summed E-state index contributed by atoms with van der Waals surface area (Å²) in [4.78, 5) is 31.4. The van der Waals surface area contributed by atoms with Crippen LogP contribution in [-0.2, 0) is 20.9 Å². The Balaban J connectivity index is 1.40. The molecule has 30 heavy (non-hydrogen) atoms. The minimum Gasteiger partial charge on any atom is -0.466 e. The molecule has 1 amide bonds. The summed E-state index contributed by atoms with van der Waals surface area (Å²) in [5, 5.41) is 2.94. The predicted octanol–water partition coefficient (Wildman–Crippen LogP) is 4.08. The second-order valence-electron chi connectivity index (χ2n) is 7.33. The lowest BCUT2D eigenvalue weighted by molar-refractivity contribution is -0.151. The molecule has 0 aliphatic carbocycles. The summed E-state index contributed by atoms with van der Waals surface area (Å²) in [7, 11) is 0. The van der Waals surface area contributed by atoms with Crippen molar-refractivity contribution in [2.45, 2.75) is 26.3 Å². The van der Waals surface area contributed by atoms with Crippen molar-refractivity contribution >= 4 is 23.2 Å². The van der Waals surface area contributed by atoms with Crippen LogP contribution in [0.25, 0.3) is 22.0 Å². The smallest absolute Gasteiger partial charge is 0.309 e. The van der Waals surface area contributed by atoms with Crippen LogP contribution in [0.5, 0.6) is 0 Å². The molecule has 3 aromatic rings. The van der Waals surface area contributed by atoms with E-state index in [-0.39, 0.29) is 24.3 Å². The van der Waals surface area contributed by atoms with E-state index in [4.69, 9.17) is 9.72 Å². The van der Waals surface area contributed by atoms with Gasteiger partial charge >= 0.3 is 5.97 Å². The number of piperidine rings is 1. The summed E-state index contributed by atoms with van der Waals surface area (Å²) < 4.78 is 7.06. The van der Waals surface area contributed by atoms with Crippen molar-refractivity contribution in [3.8, 4) is 22.0 Å². The third-order valence-electron chi connectivity index (χ3n) is 5.40. The molecular formula is C23H25N3O3S. The van der Waals surface area contributed by atoms with Gasteiger partial charge in [-0.15, -0.1) is 11.3 Å². The predicted molar refractivity (Wildman–Crippen MR) is 117 cm³/mol. The lowest BCUT2D eigenvalue weighted by Crippen LogP contribution is -2.42. The number of hydrogen-bond donors (Lipinski definition) is 0. The highest BCUT2D eigenvalue weighted by atomic mass is 32.1. The van der Waals surface area contributed by atoms with Gasteiger partial charge in [-0.2, -0.15) is 0 Å². The average molecular weight is 424 g/mol. The Kier molecular flexibility index (Phi) is 6.28. The molecule has 0 atom stereocenters. The average Bonchev–Trinajstić information content (AvgIpc) is 3.44. The minimum atomic E-state index is -0.143. The summed E-state index contributed by atoms with van der Waals surface area (Å²) >= 11 is 1.58. The van der Waals surface area contributed by atoms with E-state index >= 15 is 0 Å². The normalized spacial score (nSPS) is 14.6. The van der Waals surface area contributed by atoms with Gasteiger partial charge in [0.25, 0.3) is 0 Å². The van der Waals surface area contributed by atoms with Crippen LogP contribution in [0.2, 0.25) is 0 Å². The van der Waals surface area contributed by atoms with Gasteiger partial charge in [-0.05, 0) is 31.9 Å². The summed E-state index contributed by atoms with van der Waals surface area (Å²) in [5.41, 5.74) is 2.96. The van der Waals surface area contributed by atoms with Crippen molar-refractivity contribution in [3.05, 3.63) is 54.0 Å². The number of benzene rings is 1. The number of carbonyl (C=O) groups is 2.